The van der Waals surface area contributed by atoms with Gasteiger partial charge in [0.15, 0.2) is 0 Å². The Morgan fingerprint density at radius 3 is 2.72 bits per heavy atom. The molecule has 1 aromatic carbocycles. The fourth-order valence-electron chi connectivity index (χ4n) is 1.68. The van der Waals surface area contributed by atoms with E-state index in [0.717, 1.165) is 22.9 Å². The second-order valence-electron chi connectivity index (χ2n) is 3.94. The van der Waals surface area contributed by atoms with Crippen molar-refractivity contribution in [2.75, 3.05) is 6.54 Å². The van der Waals surface area contributed by atoms with Crippen molar-refractivity contribution in [3.63, 3.8) is 0 Å². The third kappa shape index (κ3) is 2.38. The molecule has 1 heterocycles. The standard InChI is InChI=1S/C14H13NO2S/c1-3-8-15-13(16)12(18-14(15)17)9-11-7-5-4-6-10(11)2/h3-7,9H,1,8H2,2H3/b12-9-. The summed E-state index contributed by atoms with van der Waals surface area (Å²) in [7, 11) is 0. The first-order chi connectivity index (χ1) is 8.63. The summed E-state index contributed by atoms with van der Waals surface area (Å²) in [5.74, 6) is -0.242. The third-order valence-corrected chi connectivity index (χ3v) is 3.57. The maximum Gasteiger partial charge on any atom is 0.293 e. The summed E-state index contributed by atoms with van der Waals surface area (Å²) in [6.07, 6.45) is 3.32. The van der Waals surface area contributed by atoms with Gasteiger partial charge >= 0.3 is 0 Å². The van der Waals surface area contributed by atoms with Crippen LogP contribution in [0.25, 0.3) is 6.08 Å². The Morgan fingerprint density at radius 1 is 1.33 bits per heavy atom. The highest BCUT2D eigenvalue weighted by molar-refractivity contribution is 8.18. The fourth-order valence-corrected chi connectivity index (χ4v) is 2.52. The lowest BCUT2D eigenvalue weighted by atomic mass is 10.1. The fraction of sp³-hybridized carbons (Fsp3) is 0.143. The van der Waals surface area contributed by atoms with Crippen LogP contribution in [0.1, 0.15) is 11.1 Å². The molecule has 2 rings (SSSR count). The smallest absolute Gasteiger partial charge is 0.268 e. The molecule has 1 aromatic rings. The van der Waals surface area contributed by atoms with Crippen molar-refractivity contribution < 1.29 is 9.59 Å². The third-order valence-electron chi connectivity index (χ3n) is 2.66. The van der Waals surface area contributed by atoms with Gasteiger partial charge in [-0.2, -0.15) is 0 Å². The van der Waals surface area contributed by atoms with E-state index in [9.17, 15) is 9.59 Å². The molecule has 0 radical (unpaired) electrons. The van der Waals surface area contributed by atoms with E-state index in [1.165, 1.54) is 4.90 Å². The normalized spacial score (nSPS) is 17.6. The van der Waals surface area contributed by atoms with E-state index in [-0.39, 0.29) is 17.7 Å². The number of benzene rings is 1. The molecule has 0 bridgehead atoms. The minimum Gasteiger partial charge on any atom is -0.268 e. The predicted octanol–water partition coefficient (Wildman–Crippen LogP) is 3.22. The first-order valence-electron chi connectivity index (χ1n) is 5.55. The van der Waals surface area contributed by atoms with Crippen molar-refractivity contribution in [3.05, 3.63) is 53.0 Å². The molecular formula is C14H13NO2S. The number of hydrogen-bond acceptors (Lipinski definition) is 3. The minimum atomic E-state index is -0.242. The number of nitrogens with zero attached hydrogens (tertiary/aromatic N) is 1. The number of amides is 2. The molecule has 92 valence electrons. The molecule has 0 aliphatic carbocycles. The van der Waals surface area contributed by atoms with Gasteiger partial charge in [0, 0.05) is 6.54 Å². The molecule has 18 heavy (non-hydrogen) atoms. The van der Waals surface area contributed by atoms with Crippen LogP contribution in [0.4, 0.5) is 4.79 Å². The van der Waals surface area contributed by atoms with Crippen molar-refractivity contribution in [3.8, 4) is 0 Å². The number of rotatable bonds is 3. The maximum absolute atomic E-state index is 12.0. The van der Waals surface area contributed by atoms with E-state index in [1.807, 2.05) is 31.2 Å². The van der Waals surface area contributed by atoms with Crippen LogP contribution in [0, 0.1) is 6.92 Å². The van der Waals surface area contributed by atoms with Crippen LogP contribution in [0.5, 0.6) is 0 Å². The molecule has 0 atom stereocenters. The van der Waals surface area contributed by atoms with Crippen LogP contribution >= 0.6 is 11.8 Å². The molecule has 0 aromatic heterocycles. The number of hydrogen-bond donors (Lipinski definition) is 0. The van der Waals surface area contributed by atoms with Gasteiger partial charge in [0.1, 0.15) is 0 Å². The summed E-state index contributed by atoms with van der Waals surface area (Å²) >= 11 is 0.976. The Bertz CT molecular complexity index is 548. The highest BCUT2D eigenvalue weighted by Crippen LogP contribution is 2.32. The number of imide groups is 1. The van der Waals surface area contributed by atoms with Crippen LogP contribution in [-0.2, 0) is 4.79 Å². The monoisotopic (exact) mass is 259 g/mol. The SMILES string of the molecule is C=CCN1C(=O)S/C(=C\c2ccccc2C)C1=O. The molecule has 3 nitrogen and oxygen atoms in total. The zero-order valence-corrected chi connectivity index (χ0v) is 10.9. The number of carbonyl (C=O) groups is 2. The van der Waals surface area contributed by atoms with Gasteiger partial charge in [0.2, 0.25) is 0 Å². The molecule has 1 fully saturated rings. The van der Waals surface area contributed by atoms with Gasteiger partial charge in [-0.3, -0.25) is 14.5 Å². The number of carbonyl (C=O) groups excluding carboxylic acids is 2. The average Bonchev–Trinajstić information content (AvgIpc) is 2.60. The van der Waals surface area contributed by atoms with Gasteiger partial charge in [-0.15, -0.1) is 6.58 Å². The van der Waals surface area contributed by atoms with Crippen LogP contribution in [0.2, 0.25) is 0 Å². The van der Waals surface area contributed by atoms with Crippen LogP contribution in [-0.4, -0.2) is 22.6 Å². The first kappa shape index (κ1) is 12.6. The van der Waals surface area contributed by atoms with Crippen LogP contribution in [0.15, 0.2) is 41.8 Å². The lowest BCUT2D eigenvalue weighted by Gasteiger charge is -2.07. The zero-order valence-electron chi connectivity index (χ0n) is 10.1. The average molecular weight is 259 g/mol. The van der Waals surface area contributed by atoms with Gasteiger partial charge in [-0.1, -0.05) is 30.3 Å². The minimum absolute atomic E-state index is 0.236. The molecule has 1 aliphatic rings. The van der Waals surface area contributed by atoms with Crippen molar-refractivity contribution >= 4 is 29.0 Å². The molecule has 2 amide bonds. The van der Waals surface area contributed by atoms with E-state index in [4.69, 9.17) is 0 Å². The molecule has 0 unspecified atom stereocenters. The molecule has 0 N–H and O–H groups in total. The second-order valence-corrected chi connectivity index (χ2v) is 4.93. The summed E-state index contributed by atoms with van der Waals surface area (Å²) < 4.78 is 0. The Labute approximate surface area is 110 Å². The first-order valence-corrected chi connectivity index (χ1v) is 6.37. The van der Waals surface area contributed by atoms with Gasteiger partial charge < -0.3 is 0 Å². The zero-order chi connectivity index (χ0) is 13.1. The van der Waals surface area contributed by atoms with Crippen molar-refractivity contribution in [1.29, 1.82) is 0 Å². The summed E-state index contributed by atoms with van der Waals surface area (Å²) in [6.45, 7) is 5.77. The summed E-state index contributed by atoms with van der Waals surface area (Å²) in [6, 6.07) is 7.75. The van der Waals surface area contributed by atoms with Crippen molar-refractivity contribution in [1.82, 2.24) is 4.90 Å². The molecular weight excluding hydrogens is 246 g/mol. The van der Waals surface area contributed by atoms with Gasteiger partial charge in [0.05, 0.1) is 4.91 Å². The largest absolute Gasteiger partial charge is 0.293 e. The summed E-state index contributed by atoms with van der Waals surface area (Å²) in [5.41, 5.74) is 2.04. The highest BCUT2D eigenvalue weighted by atomic mass is 32.2. The van der Waals surface area contributed by atoms with Gasteiger partial charge in [0.25, 0.3) is 11.1 Å². The van der Waals surface area contributed by atoms with Crippen LogP contribution < -0.4 is 0 Å². The molecule has 1 saturated heterocycles. The Kier molecular flexibility index (Phi) is 3.67. The number of aryl methyl sites for hydroxylation is 1. The molecule has 1 aliphatic heterocycles. The topological polar surface area (TPSA) is 37.4 Å². The maximum atomic E-state index is 12.0. The van der Waals surface area contributed by atoms with Gasteiger partial charge in [-0.05, 0) is 35.9 Å². The van der Waals surface area contributed by atoms with Gasteiger partial charge in [-0.25, -0.2) is 0 Å². The lowest BCUT2D eigenvalue weighted by Crippen LogP contribution is -2.27. The van der Waals surface area contributed by atoms with Crippen molar-refractivity contribution in [2.45, 2.75) is 6.92 Å². The molecule has 0 saturated carbocycles. The predicted molar refractivity (Wildman–Crippen MR) is 74.1 cm³/mol. The Morgan fingerprint density at radius 2 is 2.06 bits per heavy atom. The molecule has 4 heteroatoms. The summed E-state index contributed by atoms with van der Waals surface area (Å²) in [4.78, 5) is 25.3. The van der Waals surface area contributed by atoms with E-state index in [1.54, 1.807) is 12.2 Å². The van der Waals surface area contributed by atoms with Crippen LogP contribution in [0.3, 0.4) is 0 Å². The van der Waals surface area contributed by atoms with Crippen molar-refractivity contribution in [2.24, 2.45) is 0 Å². The van der Waals surface area contributed by atoms with E-state index < -0.39 is 0 Å². The number of thioether (sulfide) groups is 1. The molecule has 0 spiro atoms. The van der Waals surface area contributed by atoms with E-state index in [0.29, 0.717) is 4.91 Å². The quantitative estimate of drug-likeness (QED) is 0.618. The second kappa shape index (κ2) is 5.23. The highest BCUT2D eigenvalue weighted by Gasteiger charge is 2.33. The Hall–Kier alpha value is -1.81. The Balaban J connectivity index is 2.31. The van der Waals surface area contributed by atoms with E-state index in [2.05, 4.69) is 6.58 Å². The lowest BCUT2D eigenvalue weighted by molar-refractivity contribution is -0.122. The summed E-state index contributed by atoms with van der Waals surface area (Å²) in [5, 5.41) is -0.236. The van der Waals surface area contributed by atoms with E-state index >= 15 is 0 Å².